The maximum Gasteiger partial charge on any atom is 0.346 e. The molecule has 0 spiro atoms. The number of aryl methyl sites for hydroxylation is 1. The fourth-order valence-corrected chi connectivity index (χ4v) is 5.70. The van der Waals surface area contributed by atoms with Crippen LogP contribution in [0.4, 0.5) is 0 Å². The van der Waals surface area contributed by atoms with Gasteiger partial charge in [0.05, 0.1) is 30.7 Å². The van der Waals surface area contributed by atoms with Gasteiger partial charge in [-0.2, -0.15) is 0 Å². The smallest absolute Gasteiger partial charge is 0.346 e. The number of carbonyl (C=O) groups excluding carboxylic acids is 2. The van der Waals surface area contributed by atoms with E-state index in [-0.39, 0.29) is 29.7 Å². The van der Waals surface area contributed by atoms with E-state index in [1.54, 1.807) is 7.11 Å². The molecule has 2 aromatic rings. The van der Waals surface area contributed by atoms with E-state index < -0.39 is 0 Å². The summed E-state index contributed by atoms with van der Waals surface area (Å²) in [7, 11) is 1.70. The van der Waals surface area contributed by atoms with Crippen LogP contribution in [0.1, 0.15) is 43.7 Å². The minimum absolute atomic E-state index is 0.0565. The van der Waals surface area contributed by atoms with Crippen LogP contribution >= 0.6 is 11.6 Å². The fraction of sp³-hybridized carbons (Fsp3) is 0.667. The van der Waals surface area contributed by atoms with E-state index in [0.29, 0.717) is 76.4 Å². The molecule has 1 aromatic heterocycles. The first kappa shape index (κ1) is 27.8. The second kappa shape index (κ2) is 13.0. The van der Waals surface area contributed by atoms with Crippen molar-refractivity contribution in [1.29, 1.82) is 0 Å². The summed E-state index contributed by atoms with van der Waals surface area (Å²) in [6, 6.07) is 5.62. The normalized spacial score (nSPS) is 20.5. The van der Waals surface area contributed by atoms with Crippen LogP contribution in [0.25, 0.3) is 11.0 Å². The first-order chi connectivity index (χ1) is 17.9. The van der Waals surface area contributed by atoms with Gasteiger partial charge in [-0.3, -0.25) is 9.59 Å². The van der Waals surface area contributed by atoms with Gasteiger partial charge in [0.1, 0.15) is 0 Å². The van der Waals surface area contributed by atoms with Gasteiger partial charge < -0.3 is 24.6 Å². The number of amides is 2. The molecule has 1 unspecified atom stereocenters. The highest BCUT2D eigenvalue weighted by Gasteiger charge is 2.38. The minimum atomic E-state index is -0.155. The number of methoxy groups -OCH3 is 1. The van der Waals surface area contributed by atoms with Crippen LogP contribution in [0.5, 0.6) is 0 Å². The van der Waals surface area contributed by atoms with Gasteiger partial charge >= 0.3 is 11.7 Å². The molecule has 2 aliphatic heterocycles. The standard InChI is InChI=1S/C27H40ClN5O4/c1-19(2)18-33(21-15-20(16-29-17-21)26(34)31-10-13-37-14-11-31)27(35)25-30-23-8-6-7-22(28)24(23)32(25)9-4-5-12-36-3/h6-8,19-21,29H,4-5,9-18H2,1-3H3/p+1/t20?,21-/m0/s1. The molecule has 4 rings (SSSR count). The molecule has 0 aliphatic carbocycles. The van der Waals surface area contributed by atoms with Crippen LogP contribution in [0.2, 0.25) is 5.02 Å². The van der Waals surface area contributed by atoms with Crippen LogP contribution in [0.15, 0.2) is 18.2 Å². The number of imidazole rings is 1. The van der Waals surface area contributed by atoms with Crippen LogP contribution in [-0.2, 0) is 20.8 Å². The van der Waals surface area contributed by atoms with Gasteiger partial charge in [0.25, 0.3) is 0 Å². The van der Waals surface area contributed by atoms with Crippen LogP contribution in [-0.4, -0.2) is 92.3 Å². The van der Waals surface area contributed by atoms with Gasteiger partial charge in [0, 0.05) is 52.5 Å². The maximum absolute atomic E-state index is 14.2. The summed E-state index contributed by atoms with van der Waals surface area (Å²) in [6.07, 6.45) is 2.40. The molecule has 9 nitrogen and oxygen atoms in total. The third-order valence-electron chi connectivity index (χ3n) is 7.23. The largest absolute Gasteiger partial charge is 0.385 e. The molecule has 37 heavy (non-hydrogen) atoms. The van der Waals surface area contributed by atoms with Crippen molar-refractivity contribution in [3.8, 4) is 0 Å². The Balaban J connectivity index is 1.60. The van der Waals surface area contributed by atoms with E-state index in [0.717, 1.165) is 23.9 Å². The van der Waals surface area contributed by atoms with Crippen molar-refractivity contribution in [2.75, 3.05) is 59.7 Å². The summed E-state index contributed by atoms with van der Waals surface area (Å²) < 4.78 is 12.7. The van der Waals surface area contributed by atoms with Crippen LogP contribution in [0, 0.1) is 11.8 Å². The average Bonchev–Trinajstić information content (AvgIpc) is 3.29. The third-order valence-corrected chi connectivity index (χ3v) is 7.53. The number of piperidine rings is 1. The summed E-state index contributed by atoms with van der Waals surface area (Å²) in [4.78, 5) is 34.7. The number of nitrogens with zero attached hydrogens (tertiary/aromatic N) is 3. The Labute approximate surface area is 224 Å². The highest BCUT2D eigenvalue weighted by molar-refractivity contribution is 6.34. The number of hydrogen-bond acceptors (Lipinski definition) is 5. The van der Waals surface area contributed by atoms with Gasteiger partial charge in [-0.1, -0.05) is 31.5 Å². The summed E-state index contributed by atoms with van der Waals surface area (Å²) in [5.74, 6) is 0.754. The molecule has 0 bridgehead atoms. The number of rotatable bonds is 10. The quantitative estimate of drug-likeness (QED) is 0.361. The first-order valence-corrected chi connectivity index (χ1v) is 13.9. The molecule has 0 saturated carbocycles. The molecular weight excluding hydrogens is 494 g/mol. The number of aromatic amines is 1. The Morgan fingerprint density at radius 3 is 2.76 bits per heavy atom. The Morgan fingerprint density at radius 2 is 2.03 bits per heavy atom. The molecule has 2 N–H and O–H groups in total. The third kappa shape index (κ3) is 6.63. The zero-order valence-corrected chi connectivity index (χ0v) is 23.1. The van der Waals surface area contributed by atoms with Crippen molar-refractivity contribution in [2.24, 2.45) is 11.8 Å². The second-order valence-electron chi connectivity index (χ2n) is 10.5. The van der Waals surface area contributed by atoms with Crippen molar-refractivity contribution in [3.05, 3.63) is 29.0 Å². The summed E-state index contributed by atoms with van der Waals surface area (Å²) >= 11 is 6.61. The number of hydrogen-bond donors (Lipinski definition) is 2. The monoisotopic (exact) mass is 534 g/mol. The lowest BCUT2D eigenvalue weighted by molar-refractivity contribution is -0.673. The van der Waals surface area contributed by atoms with Gasteiger partial charge in [-0.05, 0) is 37.3 Å². The van der Waals surface area contributed by atoms with Crippen molar-refractivity contribution in [3.63, 3.8) is 0 Å². The highest BCUT2D eigenvalue weighted by Crippen LogP contribution is 2.24. The predicted octanol–water partition coefficient (Wildman–Crippen LogP) is 2.47. The molecule has 1 aromatic carbocycles. The Morgan fingerprint density at radius 1 is 1.24 bits per heavy atom. The Kier molecular flexibility index (Phi) is 9.81. The van der Waals surface area contributed by atoms with E-state index in [9.17, 15) is 9.59 Å². The molecule has 2 fully saturated rings. The number of carbonyl (C=O) groups is 2. The van der Waals surface area contributed by atoms with Gasteiger partial charge in [0.2, 0.25) is 5.91 Å². The molecule has 2 aliphatic rings. The topological polar surface area (TPSA) is 90.8 Å². The Hall–Kier alpha value is -2.20. The summed E-state index contributed by atoms with van der Waals surface area (Å²) in [5.41, 5.74) is 1.69. The molecule has 10 heteroatoms. The lowest BCUT2D eigenvalue weighted by Gasteiger charge is -2.39. The molecule has 0 radical (unpaired) electrons. The molecule has 204 valence electrons. The lowest BCUT2D eigenvalue weighted by atomic mass is 9.92. The van der Waals surface area contributed by atoms with Crippen molar-refractivity contribution in [2.45, 2.75) is 45.7 Å². The number of H-pyrrole nitrogens is 1. The van der Waals surface area contributed by atoms with Crippen molar-refractivity contribution < 1.29 is 23.6 Å². The number of morpholine rings is 1. The predicted molar refractivity (Wildman–Crippen MR) is 143 cm³/mol. The number of benzene rings is 1. The molecule has 2 atom stereocenters. The molecule has 2 saturated heterocycles. The lowest BCUT2D eigenvalue weighted by Crippen LogP contribution is -2.57. The molecule has 2 amide bonds. The van der Waals surface area contributed by atoms with Crippen LogP contribution < -0.4 is 9.88 Å². The fourth-order valence-electron chi connectivity index (χ4n) is 5.42. The second-order valence-corrected chi connectivity index (χ2v) is 10.9. The van der Waals surface area contributed by atoms with Gasteiger partial charge in [0.15, 0.2) is 11.0 Å². The number of nitrogens with one attached hydrogen (secondary N) is 2. The first-order valence-electron chi connectivity index (χ1n) is 13.5. The number of ether oxygens (including phenoxy) is 2. The van der Waals surface area contributed by atoms with Crippen molar-refractivity contribution >= 4 is 34.4 Å². The zero-order valence-electron chi connectivity index (χ0n) is 22.3. The highest BCUT2D eigenvalue weighted by atomic mass is 35.5. The van der Waals surface area contributed by atoms with Gasteiger partial charge in [-0.15, -0.1) is 0 Å². The van der Waals surface area contributed by atoms with Gasteiger partial charge in [-0.25, -0.2) is 9.55 Å². The van der Waals surface area contributed by atoms with E-state index >= 15 is 0 Å². The number of halogens is 1. The van der Waals surface area contributed by atoms with E-state index in [1.165, 1.54) is 0 Å². The Bertz CT molecular complexity index is 1070. The molecular formula is C27H41ClN5O4+. The summed E-state index contributed by atoms with van der Waals surface area (Å²) in [5, 5.41) is 4.06. The van der Waals surface area contributed by atoms with Crippen molar-refractivity contribution in [1.82, 2.24) is 20.1 Å². The number of para-hydroxylation sites is 1. The number of fused-ring (bicyclic) bond motifs is 1. The maximum atomic E-state index is 14.2. The summed E-state index contributed by atoms with van der Waals surface area (Å²) in [6.45, 7) is 9.91. The van der Waals surface area contributed by atoms with E-state index in [1.807, 2.05) is 32.6 Å². The van der Waals surface area contributed by atoms with Crippen LogP contribution in [0.3, 0.4) is 0 Å². The van der Waals surface area contributed by atoms with E-state index in [2.05, 4.69) is 24.1 Å². The minimum Gasteiger partial charge on any atom is -0.385 e. The van der Waals surface area contributed by atoms with E-state index in [4.69, 9.17) is 21.1 Å². The average molecular weight is 535 g/mol. The number of unbranched alkanes of at least 4 members (excludes halogenated alkanes) is 1. The molecule has 3 heterocycles. The number of aromatic nitrogens is 2. The SMILES string of the molecule is COCCCC[n+]1c(C(=O)N(CC(C)C)[C@@H]2CNCC(C(=O)N3CCOCC3)C2)[nH]c2cccc(Cl)c21. The zero-order chi connectivity index (χ0) is 26.4.